The zero-order valence-corrected chi connectivity index (χ0v) is 12.5. The molecule has 0 radical (unpaired) electrons. The second-order valence-corrected chi connectivity index (χ2v) is 6.04. The summed E-state index contributed by atoms with van der Waals surface area (Å²) in [6, 6.07) is 5.79. The molecule has 1 aromatic carbocycles. The molecule has 1 aromatic heterocycles. The molecule has 0 aliphatic rings. The molecule has 0 fully saturated rings. The molecule has 0 bridgehead atoms. The van der Waals surface area contributed by atoms with Crippen LogP contribution in [0.3, 0.4) is 0 Å². The normalized spacial score (nSPS) is 12.7. The molecule has 0 spiro atoms. The van der Waals surface area contributed by atoms with Crippen molar-refractivity contribution in [3.8, 4) is 0 Å². The van der Waals surface area contributed by atoms with E-state index in [1.165, 1.54) is 0 Å². The molecule has 0 amide bonds. The summed E-state index contributed by atoms with van der Waals surface area (Å²) in [6.07, 6.45) is 0.831. The number of halogens is 2. The van der Waals surface area contributed by atoms with Crippen molar-refractivity contribution in [2.45, 2.75) is 19.4 Å². The van der Waals surface area contributed by atoms with Crippen LogP contribution in [0.15, 0.2) is 23.6 Å². The van der Waals surface area contributed by atoms with Gasteiger partial charge < -0.3 is 5.32 Å². The number of rotatable bonds is 4. The summed E-state index contributed by atoms with van der Waals surface area (Å²) in [5.41, 5.74) is 2.17. The lowest BCUT2D eigenvalue weighted by atomic mass is 10.0. The summed E-state index contributed by atoms with van der Waals surface area (Å²) in [5.74, 6) is 0. The van der Waals surface area contributed by atoms with E-state index in [2.05, 4.69) is 15.7 Å². The number of hydrogen-bond donors (Lipinski definition) is 1. The molecule has 0 aliphatic heterocycles. The van der Waals surface area contributed by atoms with Crippen LogP contribution >= 0.6 is 34.5 Å². The van der Waals surface area contributed by atoms with Gasteiger partial charge in [-0.25, -0.2) is 4.98 Å². The van der Waals surface area contributed by atoms with Gasteiger partial charge in [-0.15, -0.1) is 11.3 Å². The third kappa shape index (κ3) is 3.45. The van der Waals surface area contributed by atoms with E-state index >= 15 is 0 Å². The molecule has 2 nitrogen and oxygen atoms in total. The molecule has 0 saturated carbocycles. The fourth-order valence-corrected chi connectivity index (χ4v) is 3.04. The third-order valence-corrected chi connectivity index (χ3v) is 3.97. The zero-order chi connectivity index (χ0) is 13.1. The first-order valence-electron chi connectivity index (χ1n) is 5.62. The average Bonchev–Trinajstić information content (AvgIpc) is 2.70. The molecule has 2 rings (SSSR count). The fraction of sp³-hybridized carbons (Fsp3) is 0.308. The summed E-state index contributed by atoms with van der Waals surface area (Å²) >= 11 is 13.7. The lowest BCUT2D eigenvalue weighted by molar-refractivity contribution is 0.585. The van der Waals surface area contributed by atoms with Gasteiger partial charge in [-0.3, -0.25) is 0 Å². The number of aromatic nitrogens is 1. The van der Waals surface area contributed by atoms with Crippen molar-refractivity contribution in [2.24, 2.45) is 0 Å². The maximum atomic E-state index is 6.03. The summed E-state index contributed by atoms with van der Waals surface area (Å²) in [7, 11) is 1.93. The Bertz CT molecular complexity index is 519. The molecule has 96 valence electrons. The summed E-state index contributed by atoms with van der Waals surface area (Å²) in [6.45, 7) is 2.01. The molecule has 1 unspecified atom stereocenters. The lowest BCUT2D eigenvalue weighted by Crippen LogP contribution is -2.19. The van der Waals surface area contributed by atoms with Crippen molar-refractivity contribution in [1.82, 2.24) is 10.3 Å². The Kier molecular flexibility index (Phi) is 4.62. The number of nitrogens with zero attached hydrogens (tertiary/aromatic N) is 1. The van der Waals surface area contributed by atoms with Gasteiger partial charge in [-0.05, 0) is 37.7 Å². The summed E-state index contributed by atoms with van der Waals surface area (Å²) < 4.78 is 0. The van der Waals surface area contributed by atoms with Gasteiger partial charge >= 0.3 is 0 Å². The molecule has 5 heteroatoms. The average molecular weight is 301 g/mol. The first-order valence-corrected chi connectivity index (χ1v) is 7.26. The largest absolute Gasteiger partial charge is 0.313 e. The third-order valence-electron chi connectivity index (χ3n) is 2.72. The van der Waals surface area contributed by atoms with E-state index in [1.54, 1.807) is 17.4 Å². The van der Waals surface area contributed by atoms with Crippen molar-refractivity contribution in [1.29, 1.82) is 0 Å². The van der Waals surface area contributed by atoms with E-state index in [4.69, 9.17) is 23.2 Å². The highest BCUT2D eigenvalue weighted by Crippen LogP contribution is 2.26. The molecule has 18 heavy (non-hydrogen) atoms. The van der Waals surface area contributed by atoms with Crippen LogP contribution in [-0.4, -0.2) is 12.0 Å². The molecular weight excluding hydrogens is 287 g/mol. The number of nitrogens with one attached hydrogen (secondary N) is 1. The van der Waals surface area contributed by atoms with E-state index in [0.29, 0.717) is 10.0 Å². The molecular formula is C13H14Cl2N2S. The Morgan fingerprint density at radius 3 is 2.44 bits per heavy atom. The monoisotopic (exact) mass is 300 g/mol. The van der Waals surface area contributed by atoms with Crippen molar-refractivity contribution in [2.75, 3.05) is 7.05 Å². The van der Waals surface area contributed by atoms with Gasteiger partial charge in [0.2, 0.25) is 0 Å². The van der Waals surface area contributed by atoms with Crippen LogP contribution in [0.4, 0.5) is 0 Å². The van der Waals surface area contributed by atoms with E-state index in [9.17, 15) is 0 Å². The second kappa shape index (κ2) is 6.02. The van der Waals surface area contributed by atoms with Gasteiger partial charge in [-0.1, -0.05) is 23.2 Å². The molecule has 0 aliphatic carbocycles. The van der Waals surface area contributed by atoms with Crippen LogP contribution in [-0.2, 0) is 6.42 Å². The SMILES string of the molecule is CNC(Cc1csc(C)n1)c1cc(Cl)cc(Cl)c1. The van der Waals surface area contributed by atoms with Gasteiger partial charge in [0.1, 0.15) is 0 Å². The van der Waals surface area contributed by atoms with E-state index < -0.39 is 0 Å². The van der Waals surface area contributed by atoms with Gasteiger partial charge in [0.05, 0.1) is 10.7 Å². The van der Waals surface area contributed by atoms with Crippen LogP contribution < -0.4 is 5.32 Å². The van der Waals surface area contributed by atoms with Gasteiger partial charge in [0.15, 0.2) is 0 Å². The Morgan fingerprint density at radius 1 is 1.28 bits per heavy atom. The zero-order valence-electron chi connectivity index (χ0n) is 10.2. The van der Waals surface area contributed by atoms with Crippen LogP contribution in [0.25, 0.3) is 0 Å². The highest BCUT2D eigenvalue weighted by Gasteiger charge is 2.13. The first-order chi connectivity index (χ1) is 8.58. The number of hydrogen-bond acceptors (Lipinski definition) is 3. The van der Waals surface area contributed by atoms with Crippen LogP contribution in [0, 0.1) is 6.92 Å². The number of aryl methyl sites for hydroxylation is 1. The lowest BCUT2D eigenvalue weighted by Gasteiger charge is -2.16. The van der Waals surface area contributed by atoms with Crippen molar-refractivity contribution in [3.05, 3.63) is 49.9 Å². The Hall–Kier alpha value is -0.610. The van der Waals surface area contributed by atoms with Gasteiger partial charge in [-0.2, -0.15) is 0 Å². The van der Waals surface area contributed by atoms with E-state index in [-0.39, 0.29) is 6.04 Å². The maximum absolute atomic E-state index is 6.03. The van der Waals surface area contributed by atoms with E-state index in [0.717, 1.165) is 22.7 Å². The minimum absolute atomic E-state index is 0.169. The van der Waals surface area contributed by atoms with Crippen LogP contribution in [0.2, 0.25) is 10.0 Å². The number of benzene rings is 1. The minimum Gasteiger partial charge on any atom is -0.313 e. The Balaban J connectivity index is 2.22. The van der Waals surface area contributed by atoms with E-state index in [1.807, 2.05) is 26.1 Å². The van der Waals surface area contributed by atoms with Gasteiger partial charge in [0.25, 0.3) is 0 Å². The van der Waals surface area contributed by atoms with Crippen LogP contribution in [0.5, 0.6) is 0 Å². The maximum Gasteiger partial charge on any atom is 0.0897 e. The molecule has 1 heterocycles. The predicted octanol–water partition coefficient (Wildman–Crippen LogP) is 4.26. The fourth-order valence-electron chi connectivity index (χ4n) is 1.87. The Morgan fingerprint density at radius 2 is 1.94 bits per heavy atom. The molecule has 1 N–H and O–H groups in total. The van der Waals surface area contributed by atoms with Gasteiger partial charge in [0, 0.05) is 27.9 Å². The van der Waals surface area contributed by atoms with Crippen molar-refractivity contribution >= 4 is 34.5 Å². The first kappa shape index (κ1) is 13.8. The smallest absolute Gasteiger partial charge is 0.0897 e. The second-order valence-electron chi connectivity index (χ2n) is 4.11. The number of thiazole rings is 1. The standard InChI is InChI=1S/C13H14Cl2N2S/c1-8-17-12(7-18-8)6-13(16-2)9-3-10(14)5-11(15)4-9/h3-5,7,13,16H,6H2,1-2H3. The van der Waals surface area contributed by atoms with Crippen molar-refractivity contribution in [3.63, 3.8) is 0 Å². The highest BCUT2D eigenvalue weighted by atomic mass is 35.5. The minimum atomic E-state index is 0.169. The highest BCUT2D eigenvalue weighted by molar-refractivity contribution is 7.09. The Labute approximate surface area is 121 Å². The summed E-state index contributed by atoms with van der Waals surface area (Å²) in [4.78, 5) is 4.48. The molecule has 1 atom stereocenters. The molecule has 2 aromatic rings. The predicted molar refractivity (Wildman–Crippen MR) is 78.8 cm³/mol. The topological polar surface area (TPSA) is 24.9 Å². The summed E-state index contributed by atoms with van der Waals surface area (Å²) in [5, 5.41) is 7.77. The quantitative estimate of drug-likeness (QED) is 0.912. The molecule has 0 saturated heterocycles. The van der Waals surface area contributed by atoms with Crippen LogP contribution in [0.1, 0.15) is 22.3 Å². The van der Waals surface area contributed by atoms with Crippen molar-refractivity contribution < 1.29 is 0 Å². The number of likely N-dealkylation sites (N-methyl/N-ethyl adjacent to an activating group) is 1.